The second-order valence-electron chi connectivity index (χ2n) is 3.91. The summed E-state index contributed by atoms with van der Waals surface area (Å²) in [7, 11) is 1.44. The Morgan fingerprint density at radius 2 is 2.50 bits per heavy atom. The van der Waals surface area contributed by atoms with E-state index in [4.69, 9.17) is 4.74 Å². The minimum absolute atomic E-state index is 0.140. The van der Waals surface area contributed by atoms with E-state index in [0.717, 1.165) is 17.3 Å². The van der Waals surface area contributed by atoms with E-state index < -0.39 is 0 Å². The van der Waals surface area contributed by atoms with Gasteiger partial charge in [-0.25, -0.2) is 0 Å². The van der Waals surface area contributed by atoms with Gasteiger partial charge in [-0.15, -0.1) is 11.3 Å². The summed E-state index contributed by atoms with van der Waals surface area (Å²) in [5, 5.41) is 5.31. The Labute approximate surface area is 107 Å². The van der Waals surface area contributed by atoms with E-state index in [9.17, 15) is 4.79 Å². The van der Waals surface area contributed by atoms with Gasteiger partial charge in [0.25, 0.3) is 0 Å². The van der Waals surface area contributed by atoms with E-state index in [1.54, 1.807) is 11.3 Å². The topological polar surface area (TPSA) is 38.3 Å². The molecule has 0 bridgehead atoms. The molecule has 1 aliphatic rings. The summed E-state index contributed by atoms with van der Waals surface area (Å²) in [6.45, 7) is 0.717. The molecular weight excluding hydrogens is 290 g/mol. The molecule has 1 fully saturated rings. The molecule has 1 aromatic rings. The highest BCUT2D eigenvalue weighted by Gasteiger charge is 2.36. The first-order valence-electron chi connectivity index (χ1n) is 5.25. The Bertz CT molecular complexity index is 376. The first-order valence-corrected chi connectivity index (χ1v) is 6.92. The zero-order chi connectivity index (χ0) is 11.5. The van der Waals surface area contributed by atoms with Crippen LogP contribution in [-0.2, 0) is 16.1 Å². The van der Waals surface area contributed by atoms with Crippen LogP contribution >= 0.6 is 27.3 Å². The van der Waals surface area contributed by atoms with Gasteiger partial charge in [-0.05, 0) is 46.1 Å². The van der Waals surface area contributed by atoms with Crippen LogP contribution in [0.3, 0.4) is 0 Å². The van der Waals surface area contributed by atoms with Crippen LogP contribution in [0.15, 0.2) is 15.9 Å². The summed E-state index contributed by atoms with van der Waals surface area (Å²) in [6, 6.07) is 1.88. The highest BCUT2D eigenvalue weighted by atomic mass is 79.9. The van der Waals surface area contributed by atoms with Crippen molar-refractivity contribution in [2.45, 2.75) is 25.4 Å². The Hall–Kier alpha value is -0.390. The third kappa shape index (κ3) is 2.84. The van der Waals surface area contributed by atoms with Crippen molar-refractivity contribution in [2.75, 3.05) is 7.11 Å². The molecule has 2 rings (SSSR count). The maximum Gasteiger partial charge on any atom is 0.323 e. The fraction of sp³-hybridized carbons (Fsp3) is 0.545. The van der Waals surface area contributed by atoms with Crippen molar-refractivity contribution < 1.29 is 9.53 Å². The summed E-state index contributed by atoms with van der Waals surface area (Å²) in [4.78, 5) is 12.8. The number of carbonyl (C=O) groups excluding carboxylic acids is 1. The van der Waals surface area contributed by atoms with Crippen LogP contribution in [0.5, 0.6) is 0 Å². The number of esters is 1. The molecule has 1 N–H and O–H groups in total. The highest BCUT2D eigenvalue weighted by molar-refractivity contribution is 9.10. The number of nitrogens with one attached hydrogen (secondary N) is 1. The van der Waals surface area contributed by atoms with Crippen molar-refractivity contribution in [1.82, 2.24) is 5.32 Å². The number of methoxy groups -OCH3 is 1. The van der Waals surface area contributed by atoms with E-state index in [2.05, 4.69) is 21.2 Å². The quantitative estimate of drug-likeness (QED) is 0.850. The van der Waals surface area contributed by atoms with E-state index in [-0.39, 0.29) is 12.0 Å². The van der Waals surface area contributed by atoms with Gasteiger partial charge in [0.15, 0.2) is 0 Å². The van der Waals surface area contributed by atoms with Gasteiger partial charge in [0, 0.05) is 15.9 Å². The molecule has 1 unspecified atom stereocenters. The van der Waals surface area contributed by atoms with Crippen molar-refractivity contribution >= 4 is 33.2 Å². The van der Waals surface area contributed by atoms with Gasteiger partial charge in [-0.3, -0.25) is 10.1 Å². The Morgan fingerprint density at radius 3 is 3.00 bits per heavy atom. The number of ether oxygens (including phenoxy) is 1. The number of halogens is 1. The van der Waals surface area contributed by atoms with E-state index in [0.29, 0.717) is 12.5 Å². The lowest BCUT2D eigenvalue weighted by Crippen LogP contribution is -2.38. The zero-order valence-electron chi connectivity index (χ0n) is 9.03. The number of carbonyl (C=O) groups is 1. The summed E-state index contributed by atoms with van der Waals surface area (Å²) in [6.07, 6.45) is 2.25. The van der Waals surface area contributed by atoms with Gasteiger partial charge in [-0.1, -0.05) is 0 Å². The third-order valence-corrected chi connectivity index (χ3v) is 4.65. The molecule has 88 valence electrons. The summed E-state index contributed by atoms with van der Waals surface area (Å²) < 4.78 is 5.91. The molecule has 1 heterocycles. The minimum Gasteiger partial charge on any atom is -0.468 e. The summed E-state index contributed by atoms with van der Waals surface area (Å²) in [5.74, 6) is 0.321. The van der Waals surface area contributed by atoms with Gasteiger partial charge < -0.3 is 4.74 Å². The van der Waals surface area contributed by atoms with Crippen LogP contribution in [0.25, 0.3) is 0 Å². The van der Waals surface area contributed by atoms with Gasteiger partial charge in [0.05, 0.1) is 7.11 Å². The number of hydrogen-bond acceptors (Lipinski definition) is 4. The molecule has 1 aromatic heterocycles. The van der Waals surface area contributed by atoms with Crippen LogP contribution < -0.4 is 5.32 Å². The maximum absolute atomic E-state index is 11.5. The summed E-state index contributed by atoms with van der Waals surface area (Å²) in [5.41, 5.74) is 0. The molecule has 0 spiro atoms. The Balaban J connectivity index is 1.91. The molecule has 16 heavy (non-hydrogen) atoms. The van der Waals surface area contributed by atoms with Crippen LogP contribution in [0.4, 0.5) is 0 Å². The second kappa shape index (κ2) is 5.29. The molecule has 0 aromatic carbocycles. The van der Waals surface area contributed by atoms with Crippen LogP contribution in [0, 0.1) is 5.92 Å². The molecule has 1 saturated carbocycles. The van der Waals surface area contributed by atoms with Crippen molar-refractivity contribution in [2.24, 2.45) is 5.92 Å². The third-order valence-electron chi connectivity index (χ3n) is 2.72. The molecule has 1 atom stereocenters. The molecule has 0 radical (unpaired) electrons. The SMILES string of the molecule is COC(=O)C(NCc1sccc1Br)C1CC1. The molecule has 5 heteroatoms. The average molecular weight is 304 g/mol. The lowest BCUT2D eigenvalue weighted by Gasteiger charge is -2.15. The molecule has 0 amide bonds. The molecule has 3 nitrogen and oxygen atoms in total. The lowest BCUT2D eigenvalue weighted by atomic mass is 10.2. The Kier molecular flexibility index (Phi) is 4.00. The lowest BCUT2D eigenvalue weighted by molar-refractivity contribution is -0.143. The van der Waals surface area contributed by atoms with Crippen LogP contribution in [0.1, 0.15) is 17.7 Å². The summed E-state index contributed by atoms with van der Waals surface area (Å²) >= 11 is 5.16. The van der Waals surface area contributed by atoms with Gasteiger partial charge in [-0.2, -0.15) is 0 Å². The van der Waals surface area contributed by atoms with E-state index >= 15 is 0 Å². The fourth-order valence-corrected chi connectivity index (χ4v) is 3.10. The van der Waals surface area contributed by atoms with Crippen molar-refractivity contribution in [3.63, 3.8) is 0 Å². The number of rotatable bonds is 5. The smallest absolute Gasteiger partial charge is 0.323 e. The monoisotopic (exact) mass is 303 g/mol. The van der Waals surface area contributed by atoms with Crippen molar-refractivity contribution in [3.05, 3.63) is 20.8 Å². The largest absolute Gasteiger partial charge is 0.468 e. The molecule has 0 saturated heterocycles. The number of thiophene rings is 1. The number of hydrogen-bond donors (Lipinski definition) is 1. The van der Waals surface area contributed by atoms with Gasteiger partial charge >= 0.3 is 5.97 Å². The van der Waals surface area contributed by atoms with Crippen LogP contribution in [0.2, 0.25) is 0 Å². The first kappa shape index (κ1) is 12.1. The van der Waals surface area contributed by atoms with E-state index in [1.807, 2.05) is 11.4 Å². The zero-order valence-corrected chi connectivity index (χ0v) is 11.4. The first-order chi connectivity index (χ1) is 7.72. The second-order valence-corrected chi connectivity index (χ2v) is 5.77. The van der Waals surface area contributed by atoms with Crippen molar-refractivity contribution in [3.8, 4) is 0 Å². The predicted molar refractivity (Wildman–Crippen MR) is 67.4 cm³/mol. The molecule has 1 aliphatic carbocycles. The average Bonchev–Trinajstić information content (AvgIpc) is 3.03. The maximum atomic E-state index is 11.5. The standard InChI is InChI=1S/C11H14BrNO2S/c1-15-11(14)10(7-2-3-7)13-6-9-8(12)4-5-16-9/h4-5,7,10,13H,2-3,6H2,1H3. The Morgan fingerprint density at radius 1 is 1.75 bits per heavy atom. The predicted octanol–water partition coefficient (Wildman–Crippen LogP) is 2.55. The van der Waals surface area contributed by atoms with Crippen LogP contribution in [-0.4, -0.2) is 19.1 Å². The molecular formula is C11H14BrNO2S. The van der Waals surface area contributed by atoms with Gasteiger partial charge in [0.2, 0.25) is 0 Å². The molecule has 0 aliphatic heterocycles. The normalized spacial score (nSPS) is 17.1. The fourth-order valence-electron chi connectivity index (χ4n) is 1.65. The van der Waals surface area contributed by atoms with Crippen molar-refractivity contribution in [1.29, 1.82) is 0 Å². The minimum atomic E-state index is -0.143. The van der Waals surface area contributed by atoms with E-state index in [1.165, 1.54) is 12.0 Å². The highest BCUT2D eigenvalue weighted by Crippen LogP contribution is 2.33. The van der Waals surface area contributed by atoms with Gasteiger partial charge in [0.1, 0.15) is 6.04 Å².